The number of nitrogens with two attached hydrogens (primary N) is 1. The van der Waals surface area contributed by atoms with E-state index in [2.05, 4.69) is 4.72 Å². The third kappa shape index (κ3) is 3.95. The predicted octanol–water partition coefficient (Wildman–Crippen LogP) is 1.16. The topological polar surface area (TPSA) is 81.4 Å². The molecule has 1 aromatic rings. The molecule has 0 aliphatic carbocycles. The summed E-state index contributed by atoms with van der Waals surface area (Å²) in [6, 6.07) is 1.48. The summed E-state index contributed by atoms with van der Waals surface area (Å²) in [5, 5.41) is 1.68. The maximum absolute atomic E-state index is 11.9. The average Bonchev–Trinajstić information content (AvgIpc) is 2.76. The minimum atomic E-state index is -3.51. The normalized spacial score (nSPS) is 13.6. The van der Waals surface area contributed by atoms with Gasteiger partial charge in [0, 0.05) is 12.6 Å². The summed E-state index contributed by atoms with van der Waals surface area (Å²) in [7, 11) is -2.06. The second-order valence-electron chi connectivity index (χ2n) is 3.68. The molecule has 17 heavy (non-hydrogen) atoms. The van der Waals surface area contributed by atoms with E-state index >= 15 is 0 Å². The number of thiophene rings is 1. The predicted molar refractivity (Wildman–Crippen MR) is 68.9 cm³/mol. The Labute approximate surface area is 106 Å². The van der Waals surface area contributed by atoms with Crippen molar-refractivity contribution in [3.63, 3.8) is 0 Å². The summed E-state index contributed by atoms with van der Waals surface area (Å²) >= 11 is 1.13. The number of nitrogens with one attached hydrogen (secondary N) is 1. The van der Waals surface area contributed by atoms with E-state index in [1.165, 1.54) is 7.11 Å². The second-order valence-corrected chi connectivity index (χ2v) is 6.56. The number of hydrogen-bond acceptors (Lipinski definition) is 5. The number of hydrogen-bond donors (Lipinski definition) is 2. The summed E-state index contributed by atoms with van der Waals surface area (Å²) in [4.78, 5) is 0. The Morgan fingerprint density at radius 3 is 2.88 bits per heavy atom. The summed E-state index contributed by atoms with van der Waals surface area (Å²) in [5.41, 5.74) is 5.76. The van der Waals surface area contributed by atoms with Crippen molar-refractivity contribution in [3.05, 3.63) is 11.4 Å². The largest absolute Gasteiger partial charge is 0.494 e. The van der Waals surface area contributed by atoms with E-state index in [-0.39, 0.29) is 16.8 Å². The highest BCUT2D eigenvalue weighted by molar-refractivity contribution is 7.91. The highest BCUT2D eigenvalue weighted by Gasteiger charge is 2.21. The van der Waals surface area contributed by atoms with Crippen molar-refractivity contribution in [1.82, 2.24) is 4.72 Å². The molecule has 5 nitrogen and oxygen atoms in total. The zero-order valence-electron chi connectivity index (χ0n) is 9.97. The van der Waals surface area contributed by atoms with Gasteiger partial charge in [-0.1, -0.05) is 13.3 Å². The van der Waals surface area contributed by atoms with Gasteiger partial charge >= 0.3 is 0 Å². The number of methoxy groups -OCH3 is 1. The Hall–Kier alpha value is -0.630. The fourth-order valence-electron chi connectivity index (χ4n) is 1.39. The first-order chi connectivity index (χ1) is 8.01. The Morgan fingerprint density at radius 1 is 1.59 bits per heavy atom. The van der Waals surface area contributed by atoms with Crippen LogP contribution >= 0.6 is 11.3 Å². The van der Waals surface area contributed by atoms with E-state index < -0.39 is 10.0 Å². The van der Waals surface area contributed by atoms with Gasteiger partial charge in [0.25, 0.3) is 10.0 Å². The van der Waals surface area contributed by atoms with E-state index in [4.69, 9.17) is 10.5 Å². The van der Waals surface area contributed by atoms with Gasteiger partial charge in [-0.2, -0.15) is 0 Å². The first kappa shape index (κ1) is 14.4. The molecular weight excluding hydrogens is 260 g/mol. The molecule has 1 rings (SSSR count). The number of rotatable bonds is 7. The first-order valence-corrected chi connectivity index (χ1v) is 7.74. The fraction of sp³-hybridized carbons (Fsp3) is 0.600. The van der Waals surface area contributed by atoms with Gasteiger partial charge in [-0.25, -0.2) is 13.1 Å². The molecule has 1 atom stereocenters. The molecule has 0 radical (unpaired) electrons. The molecule has 1 heterocycles. The lowest BCUT2D eigenvalue weighted by Gasteiger charge is -2.11. The van der Waals surface area contributed by atoms with E-state index in [0.717, 1.165) is 24.2 Å². The molecular formula is C10H18N2O3S2. The van der Waals surface area contributed by atoms with Crippen molar-refractivity contribution >= 4 is 21.4 Å². The molecule has 0 saturated heterocycles. The Kier molecular flexibility index (Phi) is 5.38. The van der Waals surface area contributed by atoms with Gasteiger partial charge in [-0.05, 0) is 17.9 Å². The minimum Gasteiger partial charge on any atom is -0.494 e. The maximum Gasteiger partial charge on any atom is 0.253 e. The second kappa shape index (κ2) is 6.34. The van der Waals surface area contributed by atoms with Crippen LogP contribution in [0.25, 0.3) is 0 Å². The molecule has 0 saturated carbocycles. The highest BCUT2D eigenvalue weighted by Crippen LogP contribution is 2.28. The van der Waals surface area contributed by atoms with Crippen molar-refractivity contribution in [2.24, 2.45) is 5.73 Å². The Balaban J connectivity index is 2.69. The van der Waals surface area contributed by atoms with E-state index in [1.54, 1.807) is 11.4 Å². The SMILES string of the molecule is CCC[C@H](N)CNS(=O)(=O)c1sccc1OC. The maximum atomic E-state index is 11.9. The summed E-state index contributed by atoms with van der Waals surface area (Å²) < 4.78 is 31.6. The lowest BCUT2D eigenvalue weighted by atomic mass is 10.2. The van der Waals surface area contributed by atoms with Crippen LogP contribution in [0.1, 0.15) is 19.8 Å². The lowest BCUT2D eigenvalue weighted by Crippen LogP contribution is -2.36. The van der Waals surface area contributed by atoms with Crippen LogP contribution in [0.15, 0.2) is 15.7 Å². The molecule has 0 aromatic carbocycles. The van der Waals surface area contributed by atoms with Gasteiger partial charge in [-0.3, -0.25) is 0 Å². The zero-order chi connectivity index (χ0) is 12.9. The molecule has 7 heteroatoms. The summed E-state index contributed by atoms with van der Waals surface area (Å²) in [6.07, 6.45) is 1.73. The van der Waals surface area contributed by atoms with Crippen LogP contribution in [-0.2, 0) is 10.0 Å². The molecule has 0 aliphatic heterocycles. The van der Waals surface area contributed by atoms with Crippen molar-refractivity contribution in [2.75, 3.05) is 13.7 Å². The van der Waals surface area contributed by atoms with Crippen LogP contribution in [0.5, 0.6) is 5.75 Å². The zero-order valence-corrected chi connectivity index (χ0v) is 11.6. The van der Waals surface area contributed by atoms with Crippen LogP contribution in [0, 0.1) is 0 Å². The molecule has 0 spiro atoms. The van der Waals surface area contributed by atoms with Gasteiger partial charge in [0.15, 0.2) is 4.21 Å². The Bertz CT molecular complexity index is 442. The van der Waals surface area contributed by atoms with Gasteiger partial charge < -0.3 is 10.5 Å². The van der Waals surface area contributed by atoms with Gasteiger partial charge in [0.1, 0.15) is 5.75 Å². The van der Waals surface area contributed by atoms with E-state index in [0.29, 0.717) is 5.75 Å². The Morgan fingerprint density at radius 2 is 2.29 bits per heavy atom. The minimum absolute atomic E-state index is 0.152. The molecule has 0 bridgehead atoms. The van der Waals surface area contributed by atoms with Gasteiger partial charge in [-0.15, -0.1) is 11.3 Å². The monoisotopic (exact) mass is 278 g/mol. The first-order valence-electron chi connectivity index (χ1n) is 5.38. The molecule has 3 N–H and O–H groups in total. The molecule has 0 unspecified atom stereocenters. The smallest absolute Gasteiger partial charge is 0.253 e. The van der Waals surface area contributed by atoms with Crippen LogP contribution in [0.2, 0.25) is 0 Å². The van der Waals surface area contributed by atoms with Crippen molar-refractivity contribution in [3.8, 4) is 5.75 Å². The lowest BCUT2D eigenvalue weighted by molar-refractivity contribution is 0.406. The van der Waals surface area contributed by atoms with Crippen LogP contribution in [-0.4, -0.2) is 28.1 Å². The van der Waals surface area contributed by atoms with Crippen molar-refractivity contribution in [1.29, 1.82) is 0 Å². The van der Waals surface area contributed by atoms with E-state index in [1.807, 2.05) is 6.92 Å². The van der Waals surface area contributed by atoms with Crippen molar-refractivity contribution in [2.45, 2.75) is 30.0 Å². The fourth-order valence-corrected chi connectivity index (χ4v) is 3.80. The summed E-state index contributed by atoms with van der Waals surface area (Å²) in [5.74, 6) is 0.367. The third-order valence-electron chi connectivity index (χ3n) is 2.25. The number of sulfonamides is 1. The molecule has 0 amide bonds. The summed E-state index contributed by atoms with van der Waals surface area (Å²) in [6.45, 7) is 2.26. The average molecular weight is 278 g/mol. The van der Waals surface area contributed by atoms with Crippen LogP contribution in [0.3, 0.4) is 0 Å². The highest BCUT2D eigenvalue weighted by atomic mass is 32.2. The molecule has 0 aliphatic rings. The molecule has 98 valence electrons. The molecule has 1 aromatic heterocycles. The van der Waals surface area contributed by atoms with Crippen molar-refractivity contribution < 1.29 is 13.2 Å². The van der Waals surface area contributed by atoms with Gasteiger partial charge in [0.05, 0.1) is 7.11 Å². The third-order valence-corrected chi connectivity index (χ3v) is 5.13. The number of ether oxygens (including phenoxy) is 1. The quantitative estimate of drug-likeness (QED) is 0.784. The van der Waals surface area contributed by atoms with E-state index in [9.17, 15) is 8.42 Å². The van der Waals surface area contributed by atoms with Gasteiger partial charge in [0.2, 0.25) is 0 Å². The molecule has 0 fully saturated rings. The standard InChI is InChI=1S/C10H18N2O3S2/c1-3-4-8(11)7-12-17(13,14)10-9(15-2)5-6-16-10/h5-6,8,12H,3-4,7,11H2,1-2H3/t8-/m0/s1. The van der Waals surface area contributed by atoms with Crippen LogP contribution < -0.4 is 15.2 Å². The van der Waals surface area contributed by atoms with Crippen LogP contribution in [0.4, 0.5) is 0 Å².